The van der Waals surface area contributed by atoms with Crippen molar-refractivity contribution in [3.8, 4) is 0 Å². The molecule has 0 saturated carbocycles. The van der Waals surface area contributed by atoms with Crippen LogP contribution in [0.4, 0.5) is 0 Å². The highest BCUT2D eigenvalue weighted by molar-refractivity contribution is 9.10. The fourth-order valence-corrected chi connectivity index (χ4v) is 2.15. The predicted molar refractivity (Wildman–Crippen MR) is 75.1 cm³/mol. The highest BCUT2D eigenvalue weighted by Gasteiger charge is 2.07. The zero-order valence-electron chi connectivity index (χ0n) is 10.5. The first-order valence-corrected chi connectivity index (χ1v) is 6.64. The zero-order valence-corrected chi connectivity index (χ0v) is 12.1. The Labute approximate surface area is 112 Å². The van der Waals surface area contributed by atoms with Crippen LogP contribution in [0.1, 0.15) is 11.1 Å². The van der Waals surface area contributed by atoms with Crippen molar-refractivity contribution in [3.05, 3.63) is 33.8 Å². The Hall–Kier alpha value is -0.420. The van der Waals surface area contributed by atoms with Crippen molar-refractivity contribution in [2.75, 3.05) is 26.7 Å². The number of benzene rings is 1. The average Bonchev–Trinajstić information content (AvgIpc) is 2.30. The van der Waals surface area contributed by atoms with E-state index in [4.69, 9.17) is 5.73 Å². The van der Waals surface area contributed by atoms with E-state index >= 15 is 0 Å². The van der Waals surface area contributed by atoms with E-state index in [0.717, 1.165) is 17.4 Å². The minimum absolute atomic E-state index is 0.320. The van der Waals surface area contributed by atoms with Gasteiger partial charge in [-0.1, -0.05) is 22.0 Å². The molecule has 0 heterocycles. The van der Waals surface area contributed by atoms with Crippen molar-refractivity contribution in [2.45, 2.75) is 19.4 Å². The predicted octanol–water partition coefficient (Wildman–Crippen LogP) is 1.55. The second-order valence-corrected chi connectivity index (χ2v) is 5.39. The maximum atomic E-state index is 9.45. The molecule has 0 aromatic heterocycles. The summed E-state index contributed by atoms with van der Waals surface area (Å²) in [7, 11) is 2.01. The number of aryl methyl sites for hydroxylation is 1. The van der Waals surface area contributed by atoms with Crippen LogP contribution >= 0.6 is 15.9 Å². The van der Waals surface area contributed by atoms with Gasteiger partial charge in [0.1, 0.15) is 0 Å². The first-order chi connectivity index (χ1) is 8.02. The third-order valence-corrected chi connectivity index (χ3v) is 3.36. The van der Waals surface area contributed by atoms with Gasteiger partial charge in [-0.3, -0.25) is 0 Å². The summed E-state index contributed by atoms with van der Waals surface area (Å²) in [4.78, 5) is 2.11. The first kappa shape index (κ1) is 14.6. The molecule has 0 fully saturated rings. The SMILES string of the molecule is Cc1ccc(Br)cc1CCN(C)CC(O)CN. The van der Waals surface area contributed by atoms with Crippen LogP contribution in [0.3, 0.4) is 0 Å². The number of nitrogens with zero attached hydrogens (tertiary/aromatic N) is 1. The Morgan fingerprint density at radius 2 is 2.18 bits per heavy atom. The van der Waals surface area contributed by atoms with Gasteiger partial charge in [0.2, 0.25) is 0 Å². The number of halogens is 1. The van der Waals surface area contributed by atoms with Crippen molar-refractivity contribution in [3.63, 3.8) is 0 Å². The van der Waals surface area contributed by atoms with Crippen molar-refractivity contribution in [1.29, 1.82) is 0 Å². The molecule has 0 aliphatic carbocycles. The molecule has 0 aliphatic rings. The summed E-state index contributed by atoms with van der Waals surface area (Å²) in [6.45, 7) is 3.99. The lowest BCUT2D eigenvalue weighted by molar-refractivity contribution is 0.133. The van der Waals surface area contributed by atoms with Crippen LogP contribution in [-0.2, 0) is 6.42 Å². The number of aliphatic hydroxyl groups excluding tert-OH is 1. The van der Waals surface area contributed by atoms with Crippen LogP contribution in [0.25, 0.3) is 0 Å². The molecule has 0 amide bonds. The van der Waals surface area contributed by atoms with Gasteiger partial charge in [-0.2, -0.15) is 0 Å². The van der Waals surface area contributed by atoms with Gasteiger partial charge < -0.3 is 15.7 Å². The maximum absolute atomic E-state index is 9.45. The topological polar surface area (TPSA) is 49.5 Å². The Balaban J connectivity index is 2.47. The molecule has 0 saturated heterocycles. The standard InChI is InChI=1S/C13H21BrN2O/c1-10-3-4-12(14)7-11(10)5-6-16(2)9-13(17)8-15/h3-4,7,13,17H,5-6,8-9,15H2,1-2H3. The van der Waals surface area contributed by atoms with E-state index in [1.54, 1.807) is 0 Å². The molecule has 0 aliphatic heterocycles. The lowest BCUT2D eigenvalue weighted by Gasteiger charge is -2.20. The molecule has 1 unspecified atom stereocenters. The van der Waals surface area contributed by atoms with Crippen LogP contribution in [-0.4, -0.2) is 42.8 Å². The fraction of sp³-hybridized carbons (Fsp3) is 0.538. The van der Waals surface area contributed by atoms with E-state index in [-0.39, 0.29) is 0 Å². The molecule has 1 aromatic rings. The van der Waals surface area contributed by atoms with Gasteiger partial charge in [0.25, 0.3) is 0 Å². The molecule has 0 radical (unpaired) electrons. The van der Waals surface area contributed by atoms with Crippen LogP contribution in [0, 0.1) is 6.92 Å². The summed E-state index contributed by atoms with van der Waals surface area (Å²) in [5.74, 6) is 0. The number of hydrogen-bond acceptors (Lipinski definition) is 3. The van der Waals surface area contributed by atoms with E-state index in [2.05, 4.69) is 46.0 Å². The molecular weight excluding hydrogens is 280 g/mol. The third-order valence-electron chi connectivity index (χ3n) is 2.87. The van der Waals surface area contributed by atoms with E-state index < -0.39 is 6.10 Å². The zero-order chi connectivity index (χ0) is 12.8. The lowest BCUT2D eigenvalue weighted by Crippen LogP contribution is -2.35. The van der Waals surface area contributed by atoms with Gasteiger partial charge in [-0.15, -0.1) is 0 Å². The number of rotatable bonds is 6. The second-order valence-electron chi connectivity index (χ2n) is 4.47. The average molecular weight is 301 g/mol. The highest BCUT2D eigenvalue weighted by atomic mass is 79.9. The monoisotopic (exact) mass is 300 g/mol. The summed E-state index contributed by atoms with van der Waals surface area (Å²) in [6.07, 6.45) is 0.558. The smallest absolute Gasteiger partial charge is 0.0788 e. The summed E-state index contributed by atoms with van der Waals surface area (Å²) in [5.41, 5.74) is 8.04. The van der Waals surface area contributed by atoms with Crippen LogP contribution < -0.4 is 5.73 Å². The Bertz CT molecular complexity index is 357. The molecule has 3 nitrogen and oxygen atoms in total. The van der Waals surface area contributed by atoms with Gasteiger partial charge in [0.05, 0.1) is 6.10 Å². The molecule has 96 valence electrons. The van der Waals surface area contributed by atoms with Gasteiger partial charge >= 0.3 is 0 Å². The Morgan fingerprint density at radius 3 is 2.82 bits per heavy atom. The number of hydrogen-bond donors (Lipinski definition) is 2. The molecular formula is C13H21BrN2O. The van der Waals surface area contributed by atoms with Crippen molar-refractivity contribution in [1.82, 2.24) is 4.90 Å². The van der Waals surface area contributed by atoms with E-state index in [1.165, 1.54) is 11.1 Å². The van der Waals surface area contributed by atoms with E-state index in [9.17, 15) is 5.11 Å². The molecule has 17 heavy (non-hydrogen) atoms. The quantitative estimate of drug-likeness (QED) is 0.838. The summed E-state index contributed by atoms with van der Waals surface area (Å²) in [6, 6.07) is 6.33. The lowest BCUT2D eigenvalue weighted by atomic mass is 10.1. The summed E-state index contributed by atoms with van der Waals surface area (Å²) < 4.78 is 1.11. The molecule has 0 bridgehead atoms. The van der Waals surface area contributed by atoms with Crippen LogP contribution in [0.5, 0.6) is 0 Å². The Kier molecular flexibility index (Phi) is 6.12. The van der Waals surface area contributed by atoms with Gasteiger partial charge in [0.15, 0.2) is 0 Å². The normalized spacial score (nSPS) is 13.1. The fourth-order valence-electron chi connectivity index (χ4n) is 1.75. The van der Waals surface area contributed by atoms with Crippen LogP contribution in [0.2, 0.25) is 0 Å². The third kappa shape index (κ3) is 5.17. The van der Waals surface area contributed by atoms with Gasteiger partial charge in [-0.05, 0) is 43.7 Å². The largest absolute Gasteiger partial charge is 0.390 e. The minimum Gasteiger partial charge on any atom is -0.390 e. The molecule has 3 N–H and O–H groups in total. The molecule has 4 heteroatoms. The number of nitrogens with two attached hydrogens (primary N) is 1. The highest BCUT2D eigenvalue weighted by Crippen LogP contribution is 2.16. The van der Waals surface area contributed by atoms with Crippen molar-refractivity contribution < 1.29 is 5.11 Å². The first-order valence-electron chi connectivity index (χ1n) is 5.84. The molecule has 1 aromatic carbocycles. The van der Waals surface area contributed by atoms with Crippen LogP contribution in [0.15, 0.2) is 22.7 Å². The number of likely N-dealkylation sites (N-methyl/N-ethyl adjacent to an activating group) is 1. The van der Waals surface area contributed by atoms with Gasteiger partial charge in [-0.25, -0.2) is 0 Å². The minimum atomic E-state index is -0.427. The summed E-state index contributed by atoms with van der Waals surface area (Å²) >= 11 is 3.48. The molecule has 1 atom stereocenters. The van der Waals surface area contributed by atoms with E-state index in [0.29, 0.717) is 13.1 Å². The molecule has 0 spiro atoms. The Morgan fingerprint density at radius 1 is 1.47 bits per heavy atom. The van der Waals surface area contributed by atoms with Gasteiger partial charge in [0, 0.05) is 24.1 Å². The summed E-state index contributed by atoms with van der Waals surface area (Å²) in [5, 5.41) is 9.45. The van der Waals surface area contributed by atoms with Crippen molar-refractivity contribution >= 4 is 15.9 Å². The van der Waals surface area contributed by atoms with E-state index in [1.807, 2.05) is 7.05 Å². The molecule has 1 rings (SSSR count). The second kappa shape index (κ2) is 7.11. The van der Waals surface area contributed by atoms with Crippen molar-refractivity contribution in [2.24, 2.45) is 5.73 Å². The maximum Gasteiger partial charge on any atom is 0.0788 e. The number of aliphatic hydroxyl groups is 1.